The van der Waals surface area contributed by atoms with Gasteiger partial charge in [0.05, 0.1) is 24.1 Å². The van der Waals surface area contributed by atoms with Crippen LogP contribution >= 0.6 is 0 Å². The van der Waals surface area contributed by atoms with Crippen molar-refractivity contribution in [3.63, 3.8) is 0 Å². The minimum Gasteiger partial charge on any atom is -0.489 e. The number of ketones is 1. The monoisotopic (exact) mass is 513 g/mol. The fourth-order valence-electron chi connectivity index (χ4n) is 5.25. The summed E-state index contributed by atoms with van der Waals surface area (Å²) in [6.07, 6.45) is 5.26. The third kappa shape index (κ3) is 4.74. The number of aromatic amines is 1. The van der Waals surface area contributed by atoms with Crippen LogP contribution in [0, 0.1) is 0 Å². The number of nitrogens with one attached hydrogen (secondary N) is 1. The smallest absolute Gasteiger partial charge is 0.225 e. The molecule has 2 aromatic carbocycles. The normalized spacial score (nSPS) is 16.7. The minimum absolute atomic E-state index is 0.0423. The highest BCUT2D eigenvalue weighted by atomic mass is 16.5. The minimum atomic E-state index is 0.0423. The van der Waals surface area contributed by atoms with Crippen molar-refractivity contribution in [2.24, 2.45) is 0 Å². The fourth-order valence-corrected chi connectivity index (χ4v) is 5.25. The molecule has 0 radical (unpaired) electrons. The number of ether oxygens (including phenoxy) is 2. The van der Waals surface area contributed by atoms with Gasteiger partial charge in [0.25, 0.3) is 0 Å². The zero-order valence-electron chi connectivity index (χ0n) is 21.4. The quantitative estimate of drug-likeness (QED) is 0.372. The first-order chi connectivity index (χ1) is 18.6. The van der Waals surface area contributed by atoms with Crippen molar-refractivity contribution < 1.29 is 14.3 Å². The second kappa shape index (κ2) is 10.3. The molecule has 2 aromatic heterocycles. The van der Waals surface area contributed by atoms with E-state index in [1.54, 1.807) is 19.3 Å². The molecule has 2 fully saturated rings. The molecule has 0 aliphatic carbocycles. The average Bonchev–Trinajstić information content (AvgIpc) is 3.34. The summed E-state index contributed by atoms with van der Waals surface area (Å²) >= 11 is 0. The summed E-state index contributed by atoms with van der Waals surface area (Å²) < 4.78 is 11.9. The van der Waals surface area contributed by atoms with Gasteiger partial charge in [-0.25, -0.2) is 9.97 Å². The number of aromatic nitrogens is 4. The van der Waals surface area contributed by atoms with E-state index in [4.69, 9.17) is 15.2 Å². The van der Waals surface area contributed by atoms with Gasteiger partial charge in [0.15, 0.2) is 11.6 Å². The van der Waals surface area contributed by atoms with Gasteiger partial charge in [-0.15, -0.1) is 0 Å². The van der Waals surface area contributed by atoms with Gasteiger partial charge < -0.3 is 25.0 Å². The molecular weight excluding hydrogens is 482 g/mol. The lowest BCUT2D eigenvalue weighted by Crippen LogP contribution is -2.47. The summed E-state index contributed by atoms with van der Waals surface area (Å²) in [6, 6.07) is 11.9. The van der Waals surface area contributed by atoms with E-state index >= 15 is 0 Å². The van der Waals surface area contributed by atoms with Gasteiger partial charge >= 0.3 is 0 Å². The Morgan fingerprint density at radius 2 is 1.76 bits per heavy atom. The Hall–Kier alpha value is -4.18. The maximum absolute atomic E-state index is 12.6. The van der Waals surface area contributed by atoms with Crippen LogP contribution in [-0.2, 0) is 4.74 Å². The molecule has 2 aliphatic rings. The number of Topliss-reactive ketones (excluding diaryl/α,β-unsaturated/α-hetero) is 1. The van der Waals surface area contributed by atoms with Crippen molar-refractivity contribution in [1.29, 1.82) is 0 Å². The number of rotatable bonds is 6. The van der Waals surface area contributed by atoms with Gasteiger partial charge in [-0.05, 0) is 48.4 Å². The van der Waals surface area contributed by atoms with Crippen molar-refractivity contribution in [3.8, 4) is 16.9 Å². The van der Waals surface area contributed by atoms with Crippen molar-refractivity contribution in [2.75, 3.05) is 54.9 Å². The molecule has 0 unspecified atom stereocenters. The van der Waals surface area contributed by atoms with Crippen LogP contribution in [0.2, 0.25) is 0 Å². The average molecular weight is 514 g/mol. The molecule has 4 heterocycles. The van der Waals surface area contributed by atoms with Crippen LogP contribution in [0.5, 0.6) is 5.75 Å². The molecule has 2 aliphatic heterocycles. The molecular formula is C28H31N7O3. The van der Waals surface area contributed by atoms with E-state index in [0.29, 0.717) is 30.3 Å². The molecule has 0 atom stereocenters. The van der Waals surface area contributed by atoms with E-state index in [1.165, 1.54) is 0 Å². The topological polar surface area (TPSA) is 122 Å². The molecule has 10 heteroatoms. The maximum atomic E-state index is 12.6. The second-order valence-electron chi connectivity index (χ2n) is 9.75. The van der Waals surface area contributed by atoms with E-state index < -0.39 is 0 Å². The summed E-state index contributed by atoms with van der Waals surface area (Å²) in [5.74, 6) is 1.91. The fraction of sp³-hybridized carbons (Fsp3) is 0.357. The van der Waals surface area contributed by atoms with Crippen molar-refractivity contribution in [1.82, 2.24) is 20.2 Å². The van der Waals surface area contributed by atoms with Gasteiger partial charge in [0.1, 0.15) is 11.9 Å². The molecule has 0 spiro atoms. The number of anilines is 3. The van der Waals surface area contributed by atoms with Gasteiger partial charge in [0, 0.05) is 62.7 Å². The number of piperazine rings is 1. The Morgan fingerprint density at radius 3 is 2.50 bits per heavy atom. The summed E-state index contributed by atoms with van der Waals surface area (Å²) in [5.41, 5.74) is 10.6. The highest BCUT2D eigenvalue weighted by molar-refractivity contribution is 6.01. The molecule has 38 heavy (non-hydrogen) atoms. The predicted molar refractivity (Wildman–Crippen MR) is 147 cm³/mol. The number of hydrogen-bond donors (Lipinski definition) is 2. The SMILES string of the molecule is CC(=O)c1ccc(-c2cc(OC3CCOCC3)c3c(N)n[nH]c3c2)cc1N1CCN(c2ncccn2)CC1. The zero-order chi connectivity index (χ0) is 26.1. The third-order valence-corrected chi connectivity index (χ3v) is 7.28. The van der Waals surface area contributed by atoms with Gasteiger partial charge in [-0.3, -0.25) is 9.89 Å². The summed E-state index contributed by atoms with van der Waals surface area (Å²) in [7, 11) is 0. The van der Waals surface area contributed by atoms with E-state index in [9.17, 15) is 4.79 Å². The largest absolute Gasteiger partial charge is 0.489 e. The second-order valence-corrected chi connectivity index (χ2v) is 9.75. The molecule has 10 nitrogen and oxygen atoms in total. The van der Waals surface area contributed by atoms with Gasteiger partial charge in [-0.1, -0.05) is 6.07 Å². The number of nitrogens with zero attached hydrogens (tertiary/aromatic N) is 5. The van der Waals surface area contributed by atoms with Crippen molar-refractivity contribution in [2.45, 2.75) is 25.9 Å². The number of hydrogen-bond acceptors (Lipinski definition) is 9. The van der Waals surface area contributed by atoms with Crippen LogP contribution in [0.4, 0.5) is 17.5 Å². The molecule has 0 amide bonds. The van der Waals surface area contributed by atoms with E-state index in [-0.39, 0.29) is 11.9 Å². The van der Waals surface area contributed by atoms with Crippen LogP contribution in [-0.4, -0.2) is 71.4 Å². The van der Waals surface area contributed by atoms with E-state index in [2.05, 4.69) is 36.0 Å². The van der Waals surface area contributed by atoms with Crippen molar-refractivity contribution in [3.05, 3.63) is 54.4 Å². The highest BCUT2D eigenvalue weighted by Crippen LogP contribution is 2.38. The van der Waals surface area contributed by atoms with Gasteiger partial charge in [0.2, 0.25) is 5.95 Å². The molecule has 196 valence electrons. The molecule has 0 saturated carbocycles. The number of fused-ring (bicyclic) bond motifs is 1. The Morgan fingerprint density at radius 1 is 1.03 bits per heavy atom. The highest BCUT2D eigenvalue weighted by Gasteiger charge is 2.24. The summed E-state index contributed by atoms with van der Waals surface area (Å²) in [6.45, 7) is 6.06. The number of carbonyl (C=O) groups is 1. The number of carbonyl (C=O) groups excluding carboxylic acids is 1. The molecule has 4 aromatic rings. The van der Waals surface area contributed by atoms with E-state index in [1.807, 2.05) is 30.3 Å². The third-order valence-electron chi connectivity index (χ3n) is 7.28. The number of H-pyrrole nitrogens is 1. The molecule has 0 bridgehead atoms. The standard InChI is InChI=1S/C28H31N7O3/c1-18(36)22-4-3-19(16-24(22)34-9-11-35(12-10-34)28-30-7-2-8-31-28)20-15-23-26(27(29)33-32-23)25(17-20)38-21-5-13-37-14-6-21/h2-4,7-8,15-17,21H,5-6,9-14H2,1H3,(H3,29,32,33). The Kier molecular flexibility index (Phi) is 6.55. The van der Waals surface area contributed by atoms with Gasteiger partial charge in [-0.2, -0.15) is 5.10 Å². The number of nitrogen functional groups attached to an aromatic ring is 1. The van der Waals surface area contributed by atoms with Crippen LogP contribution in [0.1, 0.15) is 30.1 Å². The molecule has 6 rings (SSSR count). The lowest BCUT2D eigenvalue weighted by molar-refractivity contribution is 0.0262. The Balaban J connectivity index is 1.33. The van der Waals surface area contributed by atoms with Crippen LogP contribution in [0.25, 0.3) is 22.0 Å². The van der Waals surface area contributed by atoms with Crippen LogP contribution < -0.4 is 20.3 Å². The predicted octanol–water partition coefficient (Wildman–Crippen LogP) is 3.69. The van der Waals surface area contributed by atoms with Crippen LogP contribution in [0.3, 0.4) is 0 Å². The first-order valence-electron chi connectivity index (χ1n) is 13.0. The number of nitrogens with two attached hydrogens (primary N) is 1. The maximum Gasteiger partial charge on any atom is 0.225 e. The van der Waals surface area contributed by atoms with E-state index in [0.717, 1.165) is 72.7 Å². The molecule has 3 N–H and O–H groups in total. The lowest BCUT2D eigenvalue weighted by Gasteiger charge is -2.37. The summed E-state index contributed by atoms with van der Waals surface area (Å²) in [5, 5.41) is 8.06. The summed E-state index contributed by atoms with van der Waals surface area (Å²) in [4.78, 5) is 25.8. The first kappa shape index (κ1) is 24.2. The Bertz CT molecular complexity index is 1440. The van der Waals surface area contributed by atoms with Crippen molar-refractivity contribution >= 4 is 34.1 Å². The molecule has 2 saturated heterocycles. The number of benzene rings is 2. The lowest BCUT2D eigenvalue weighted by atomic mass is 9.98. The Labute approximate surface area is 220 Å². The van der Waals surface area contributed by atoms with Crippen LogP contribution in [0.15, 0.2) is 48.8 Å². The zero-order valence-corrected chi connectivity index (χ0v) is 21.4. The first-order valence-corrected chi connectivity index (χ1v) is 13.0.